The van der Waals surface area contributed by atoms with Gasteiger partial charge in [0.1, 0.15) is 0 Å². The van der Waals surface area contributed by atoms with Gasteiger partial charge in [-0.25, -0.2) is 9.78 Å². The molecule has 1 N–H and O–H groups in total. The fraction of sp³-hybridized carbons (Fsp3) is 0.286. The van der Waals surface area contributed by atoms with Crippen LogP contribution in [0.2, 0.25) is 0 Å². The summed E-state index contributed by atoms with van der Waals surface area (Å²) in [5.74, 6) is 0. The maximum atomic E-state index is 12.5. The second-order valence-electron chi connectivity index (χ2n) is 7.35. The number of nitrogens with zero attached hydrogens (tertiary/aromatic N) is 4. The van der Waals surface area contributed by atoms with Gasteiger partial charge in [-0.15, -0.1) is 0 Å². The molecule has 5 rings (SSSR count). The quantitative estimate of drug-likeness (QED) is 0.590. The first kappa shape index (κ1) is 16.8. The smallest absolute Gasteiger partial charge is 0.332 e. The minimum Gasteiger partial charge on any atom is -0.383 e. The maximum absolute atomic E-state index is 12.5. The van der Waals surface area contributed by atoms with Crippen molar-refractivity contribution in [3.8, 4) is 0 Å². The Labute approximate surface area is 160 Å². The molecule has 0 radical (unpaired) electrons. The molecule has 0 amide bonds. The molecule has 0 saturated carbocycles. The van der Waals surface area contributed by atoms with E-state index in [0.29, 0.717) is 24.3 Å². The van der Waals surface area contributed by atoms with Gasteiger partial charge in [0.15, 0.2) is 11.2 Å². The van der Waals surface area contributed by atoms with E-state index in [1.165, 1.54) is 33.5 Å². The lowest BCUT2D eigenvalue weighted by Gasteiger charge is -2.12. The Kier molecular flexibility index (Phi) is 3.65. The molecule has 1 aliphatic rings. The van der Waals surface area contributed by atoms with Crippen LogP contribution in [-0.4, -0.2) is 25.2 Å². The highest BCUT2D eigenvalue weighted by molar-refractivity contribution is 5.99. The molecule has 0 spiro atoms. The zero-order chi connectivity index (χ0) is 19.4. The largest absolute Gasteiger partial charge is 0.383 e. The predicted molar refractivity (Wildman–Crippen MR) is 110 cm³/mol. The highest BCUT2D eigenvalue weighted by Crippen LogP contribution is 2.34. The van der Waals surface area contributed by atoms with Crippen molar-refractivity contribution in [3.63, 3.8) is 0 Å². The van der Waals surface area contributed by atoms with Crippen LogP contribution in [0.5, 0.6) is 0 Å². The third-order valence-electron chi connectivity index (χ3n) is 5.76. The first-order valence-corrected chi connectivity index (χ1v) is 9.44. The number of aryl methyl sites for hydroxylation is 3. The van der Waals surface area contributed by atoms with Gasteiger partial charge in [-0.1, -0.05) is 24.3 Å². The van der Waals surface area contributed by atoms with Crippen molar-refractivity contribution < 1.29 is 0 Å². The fourth-order valence-corrected chi connectivity index (χ4v) is 4.28. The summed E-state index contributed by atoms with van der Waals surface area (Å²) in [6.45, 7) is 1.23. The second kappa shape index (κ2) is 6.09. The summed E-state index contributed by atoms with van der Waals surface area (Å²) in [5.41, 5.74) is 4.12. The van der Waals surface area contributed by atoms with Crippen LogP contribution >= 0.6 is 0 Å². The van der Waals surface area contributed by atoms with E-state index in [9.17, 15) is 9.59 Å². The number of aromatic nitrogens is 4. The number of nitrogens with one attached hydrogen (secondary N) is 1. The van der Waals surface area contributed by atoms with Crippen LogP contribution in [0.25, 0.3) is 21.9 Å². The molecule has 2 heterocycles. The summed E-state index contributed by atoms with van der Waals surface area (Å²) in [7, 11) is 3.12. The Hall–Kier alpha value is -3.35. The lowest BCUT2D eigenvalue weighted by Crippen LogP contribution is -2.37. The Bertz CT molecular complexity index is 1350. The number of hydrogen-bond donors (Lipinski definition) is 1. The average Bonchev–Trinajstić information content (AvgIpc) is 3.32. The Morgan fingerprint density at radius 2 is 1.82 bits per heavy atom. The summed E-state index contributed by atoms with van der Waals surface area (Å²) in [5, 5.41) is 6.14. The first-order chi connectivity index (χ1) is 13.6. The number of imidazole rings is 1. The van der Waals surface area contributed by atoms with E-state index >= 15 is 0 Å². The lowest BCUT2D eigenvalue weighted by atomic mass is 10.0. The lowest BCUT2D eigenvalue weighted by molar-refractivity contribution is 0.695. The Morgan fingerprint density at radius 1 is 1.04 bits per heavy atom. The van der Waals surface area contributed by atoms with Gasteiger partial charge in [0.25, 0.3) is 5.56 Å². The van der Waals surface area contributed by atoms with Crippen molar-refractivity contribution in [2.45, 2.75) is 19.4 Å². The molecule has 0 fully saturated rings. The van der Waals surface area contributed by atoms with Crippen LogP contribution < -0.4 is 16.6 Å². The molecule has 4 aromatic rings. The molecule has 28 heavy (non-hydrogen) atoms. The van der Waals surface area contributed by atoms with Gasteiger partial charge in [0.05, 0.1) is 6.33 Å². The van der Waals surface area contributed by atoms with Gasteiger partial charge in [-0.3, -0.25) is 13.9 Å². The molecule has 0 unspecified atom stereocenters. The minimum atomic E-state index is -0.367. The summed E-state index contributed by atoms with van der Waals surface area (Å²) < 4.78 is 4.34. The van der Waals surface area contributed by atoms with E-state index in [2.05, 4.69) is 40.6 Å². The van der Waals surface area contributed by atoms with Gasteiger partial charge >= 0.3 is 5.69 Å². The van der Waals surface area contributed by atoms with Crippen molar-refractivity contribution >= 4 is 27.6 Å². The van der Waals surface area contributed by atoms with Gasteiger partial charge in [0.2, 0.25) is 0 Å². The van der Waals surface area contributed by atoms with Gasteiger partial charge < -0.3 is 9.88 Å². The van der Waals surface area contributed by atoms with E-state index in [4.69, 9.17) is 0 Å². The summed E-state index contributed by atoms with van der Waals surface area (Å²) in [6.07, 6.45) is 3.85. The second-order valence-corrected chi connectivity index (χ2v) is 7.35. The van der Waals surface area contributed by atoms with Gasteiger partial charge in [-0.2, -0.15) is 0 Å². The van der Waals surface area contributed by atoms with Crippen molar-refractivity contribution in [1.29, 1.82) is 0 Å². The standard InChI is InChI=1S/C21H21N5O2/c1-24-19-18(20(27)25(2)21(24)28)26(12-23-19)11-10-22-16-9-8-14-7-6-13-4-3-5-15(16)17(13)14/h3-5,8-9,12,22H,6-7,10-11H2,1-2H3. The molecule has 7 nitrogen and oxygen atoms in total. The molecule has 0 aliphatic heterocycles. The highest BCUT2D eigenvalue weighted by atomic mass is 16.2. The minimum absolute atomic E-state index is 0.319. The van der Waals surface area contributed by atoms with Crippen LogP contribution in [0.15, 0.2) is 46.2 Å². The molecule has 142 valence electrons. The van der Waals surface area contributed by atoms with Crippen LogP contribution in [0.4, 0.5) is 5.69 Å². The van der Waals surface area contributed by atoms with Crippen molar-refractivity contribution in [3.05, 3.63) is 68.6 Å². The third kappa shape index (κ3) is 2.32. The number of rotatable bonds is 4. The summed E-state index contributed by atoms with van der Waals surface area (Å²) >= 11 is 0. The van der Waals surface area contributed by atoms with Crippen molar-refractivity contribution in [1.82, 2.24) is 18.7 Å². The van der Waals surface area contributed by atoms with Gasteiger partial charge in [0, 0.05) is 38.3 Å². The van der Waals surface area contributed by atoms with E-state index < -0.39 is 0 Å². The molecular weight excluding hydrogens is 354 g/mol. The predicted octanol–water partition coefficient (Wildman–Crippen LogP) is 1.80. The summed E-state index contributed by atoms with van der Waals surface area (Å²) in [4.78, 5) is 28.9. The number of benzene rings is 2. The van der Waals surface area contributed by atoms with Crippen LogP contribution in [0.3, 0.4) is 0 Å². The van der Waals surface area contributed by atoms with Crippen LogP contribution in [0.1, 0.15) is 11.1 Å². The van der Waals surface area contributed by atoms with E-state index in [0.717, 1.165) is 23.1 Å². The fourth-order valence-electron chi connectivity index (χ4n) is 4.28. The third-order valence-corrected chi connectivity index (χ3v) is 5.76. The zero-order valence-corrected chi connectivity index (χ0v) is 15.9. The molecule has 7 heteroatoms. The molecule has 0 atom stereocenters. The zero-order valence-electron chi connectivity index (χ0n) is 15.9. The van der Waals surface area contributed by atoms with Crippen molar-refractivity contribution in [2.75, 3.05) is 11.9 Å². The molecule has 1 aliphatic carbocycles. The van der Waals surface area contributed by atoms with Crippen LogP contribution in [-0.2, 0) is 33.5 Å². The number of hydrogen-bond acceptors (Lipinski definition) is 4. The molecule has 2 aromatic carbocycles. The van der Waals surface area contributed by atoms with Crippen LogP contribution in [0, 0.1) is 0 Å². The molecule has 0 saturated heterocycles. The Balaban J connectivity index is 1.45. The molecule has 0 bridgehead atoms. The maximum Gasteiger partial charge on any atom is 0.332 e. The molecular formula is C21H21N5O2. The van der Waals surface area contributed by atoms with E-state index in [1.54, 1.807) is 13.4 Å². The Morgan fingerprint density at radius 3 is 2.64 bits per heavy atom. The van der Waals surface area contributed by atoms with Gasteiger partial charge in [-0.05, 0) is 35.4 Å². The summed E-state index contributed by atoms with van der Waals surface area (Å²) in [6, 6.07) is 10.8. The topological polar surface area (TPSA) is 73.8 Å². The number of anilines is 1. The monoisotopic (exact) mass is 375 g/mol. The average molecular weight is 375 g/mol. The highest BCUT2D eigenvalue weighted by Gasteiger charge is 2.16. The molecule has 2 aromatic heterocycles. The van der Waals surface area contributed by atoms with Crippen molar-refractivity contribution in [2.24, 2.45) is 14.1 Å². The van der Waals surface area contributed by atoms with E-state index in [-0.39, 0.29) is 11.2 Å². The number of fused-ring (bicyclic) bond motifs is 1. The normalized spacial score (nSPS) is 12.9. The first-order valence-electron chi connectivity index (χ1n) is 9.44. The van der Waals surface area contributed by atoms with E-state index in [1.807, 2.05) is 4.57 Å². The SMILES string of the molecule is Cn1c(=O)c2c(ncn2CCNc2ccc3c4c(cccc24)CC3)n(C)c1=O.